The Bertz CT molecular complexity index is 914. The molecule has 1 aliphatic heterocycles. The number of methoxy groups -OCH3 is 1. The van der Waals surface area contributed by atoms with E-state index in [4.69, 9.17) is 4.74 Å². The number of sulfonamides is 1. The van der Waals surface area contributed by atoms with Crippen molar-refractivity contribution >= 4 is 33.4 Å². The van der Waals surface area contributed by atoms with Gasteiger partial charge in [0.05, 0.1) is 28.5 Å². The number of hydrogen-bond donors (Lipinski definition) is 1. The lowest BCUT2D eigenvalue weighted by atomic mass is 10.2. The zero-order valence-electron chi connectivity index (χ0n) is 15.6. The molecule has 0 spiro atoms. The number of thioether (sulfide) groups is 1. The Kier molecular flexibility index (Phi) is 6.93. The highest BCUT2D eigenvalue weighted by Gasteiger charge is 2.27. The first-order valence-corrected chi connectivity index (χ1v) is 11.4. The van der Waals surface area contributed by atoms with Gasteiger partial charge in [0, 0.05) is 19.3 Å². The largest absolute Gasteiger partial charge is 0.495 e. The number of aromatic nitrogens is 1. The van der Waals surface area contributed by atoms with E-state index in [1.54, 1.807) is 12.3 Å². The normalized spacial score (nSPS) is 15.2. The number of ether oxygens (including phenoxy) is 1. The van der Waals surface area contributed by atoms with Gasteiger partial charge in [-0.3, -0.25) is 4.79 Å². The van der Waals surface area contributed by atoms with Crippen LogP contribution in [0.2, 0.25) is 0 Å². The minimum Gasteiger partial charge on any atom is -0.495 e. The van der Waals surface area contributed by atoms with Crippen molar-refractivity contribution in [3.63, 3.8) is 0 Å². The van der Waals surface area contributed by atoms with E-state index < -0.39 is 10.0 Å². The van der Waals surface area contributed by atoms with Gasteiger partial charge in [-0.1, -0.05) is 24.2 Å². The number of pyridine rings is 1. The Balaban J connectivity index is 1.74. The first-order chi connectivity index (χ1) is 13.5. The molecule has 7 nitrogen and oxygen atoms in total. The molecule has 1 N–H and O–H groups in total. The second kappa shape index (κ2) is 9.40. The molecule has 0 saturated carbocycles. The number of carbonyl (C=O) groups is 1. The lowest BCUT2D eigenvalue weighted by Crippen LogP contribution is -2.35. The van der Waals surface area contributed by atoms with Crippen molar-refractivity contribution in [3.05, 3.63) is 42.6 Å². The van der Waals surface area contributed by atoms with Crippen molar-refractivity contribution in [3.8, 4) is 5.75 Å². The van der Waals surface area contributed by atoms with Gasteiger partial charge in [0.2, 0.25) is 15.9 Å². The Morgan fingerprint density at radius 2 is 2.00 bits per heavy atom. The van der Waals surface area contributed by atoms with Gasteiger partial charge in [-0.25, -0.2) is 13.4 Å². The number of hydrogen-bond acceptors (Lipinski definition) is 6. The van der Waals surface area contributed by atoms with Crippen LogP contribution in [0.1, 0.15) is 19.3 Å². The predicted molar refractivity (Wildman–Crippen MR) is 109 cm³/mol. The molecule has 0 atom stereocenters. The average molecular weight is 422 g/mol. The van der Waals surface area contributed by atoms with E-state index in [1.807, 2.05) is 18.2 Å². The molecule has 3 rings (SSSR count). The summed E-state index contributed by atoms with van der Waals surface area (Å²) in [5.41, 5.74) is 0.340. The molecule has 2 heterocycles. The van der Waals surface area contributed by atoms with Crippen LogP contribution >= 0.6 is 11.8 Å². The summed E-state index contributed by atoms with van der Waals surface area (Å²) in [5.74, 6) is 0.304. The van der Waals surface area contributed by atoms with E-state index in [2.05, 4.69) is 10.3 Å². The maximum atomic E-state index is 12.9. The van der Waals surface area contributed by atoms with Crippen LogP contribution in [-0.4, -0.2) is 49.6 Å². The molecular weight excluding hydrogens is 398 g/mol. The standard InChI is InChI=1S/C19H23N3O4S2/c1-26-17-9-8-15(28(24,25)22-11-5-2-6-12-22)13-16(17)21-18(23)14-27-19-7-3-4-10-20-19/h3-4,7-10,13H,2,5-6,11-12,14H2,1H3,(H,21,23). The number of rotatable bonds is 7. The van der Waals surface area contributed by atoms with Crippen molar-refractivity contribution in [2.24, 2.45) is 0 Å². The van der Waals surface area contributed by atoms with Gasteiger partial charge in [-0.2, -0.15) is 4.31 Å². The number of anilines is 1. The molecule has 1 aliphatic rings. The summed E-state index contributed by atoms with van der Waals surface area (Å²) >= 11 is 1.30. The summed E-state index contributed by atoms with van der Waals surface area (Å²) in [5, 5.41) is 3.49. The van der Waals surface area contributed by atoms with Crippen molar-refractivity contribution < 1.29 is 17.9 Å². The predicted octanol–water partition coefficient (Wildman–Crippen LogP) is 3.00. The van der Waals surface area contributed by atoms with Crippen molar-refractivity contribution in [2.45, 2.75) is 29.2 Å². The lowest BCUT2D eigenvalue weighted by Gasteiger charge is -2.26. The summed E-state index contributed by atoms with van der Waals surface area (Å²) < 4.78 is 32.6. The van der Waals surface area contributed by atoms with Gasteiger partial charge < -0.3 is 10.1 Å². The van der Waals surface area contributed by atoms with E-state index in [9.17, 15) is 13.2 Å². The van der Waals surface area contributed by atoms with Crippen molar-refractivity contribution in [1.29, 1.82) is 0 Å². The van der Waals surface area contributed by atoms with Crippen LogP contribution in [-0.2, 0) is 14.8 Å². The fraction of sp³-hybridized carbons (Fsp3) is 0.368. The molecule has 9 heteroatoms. The molecule has 1 amide bonds. The fourth-order valence-electron chi connectivity index (χ4n) is 2.96. The molecule has 2 aromatic rings. The van der Waals surface area contributed by atoms with Crippen molar-refractivity contribution in [1.82, 2.24) is 9.29 Å². The molecule has 1 aromatic heterocycles. The van der Waals surface area contributed by atoms with Crippen LogP contribution in [0.3, 0.4) is 0 Å². The summed E-state index contributed by atoms with van der Waals surface area (Å²) in [6.45, 7) is 1.05. The van der Waals surface area contributed by atoms with Gasteiger partial charge >= 0.3 is 0 Å². The Morgan fingerprint density at radius 3 is 2.68 bits per heavy atom. The summed E-state index contributed by atoms with van der Waals surface area (Å²) in [6.07, 6.45) is 4.44. The SMILES string of the molecule is COc1ccc(S(=O)(=O)N2CCCCC2)cc1NC(=O)CSc1ccccn1. The van der Waals surface area contributed by atoms with Crippen molar-refractivity contribution in [2.75, 3.05) is 31.3 Å². The second-order valence-corrected chi connectivity index (χ2v) is 9.27. The van der Waals surface area contributed by atoms with Crippen LogP contribution in [0.4, 0.5) is 5.69 Å². The van der Waals surface area contributed by atoms with Crippen LogP contribution < -0.4 is 10.1 Å². The number of nitrogens with one attached hydrogen (secondary N) is 1. The maximum absolute atomic E-state index is 12.9. The third-order valence-corrected chi connectivity index (χ3v) is 7.23. The number of amides is 1. The summed E-state index contributed by atoms with van der Waals surface area (Å²) in [7, 11) is -2.11. The number of piperidine rings is 1. The monoisotopic (exact) mass is 421 g/mol. The Hall–Kier alpha value is -2.10. The molecule has 150 valence electrons. The molecule has 0 aliphatic carbocycles. The van der Waals surface area contributed by atoms with E-state index in [0.717, 1.165) is 24.3 Å². The zero-order valence-corrected chi connectivity index (χ0v) is 17.3. The van der Waals surface area contributed by atoms with E-state index in [0.29, 0.717) is 24.5 Å². The Labute approximate surface area is 169 Å². The molecule has 0 radical (unpaired) electrons. The highest BCUT2D eigenvalue weighted by Crippen LogP contribution is 2.30. The van der Waals surface area contributed by atoms with Gasteiger partial charge in [0.25, 0.3) is 0 Å². The van der Waals surface area contributed by atoms with E-state index in [-0.39, 0.29) is 16.6 Å². The first-order valence-electron chi connectivity index (χ1n) is 9.02. The molecule has 0 bridgehead atoms. The molecule has 0 unspecified atom stereocenters. The minimum absolute atomic E-state index is 0.155. The number of benzene rings is 1. The Morgan fingerprint density at radius 1 is 1.21 bits per heavy atom. The van der Waals surface area contributed by atoms with Gasteiger partial charge in [-0.15, -0.1) is 0 Å². The highest BCUT2D eigenvalue weighted by molar-refractivity contribution is 7.99. The summed E-state index contributed by atoms with van der Waals surface area (Å²) in [4.78, 5) is 16.7. The number of carbonyl (C=O) groups excluding carboxylic acids is 1. The third-order valence-electron chi connectivity index (χ3n) is 4.39. The first kappa shape index (κ1) is 20.6. The average Bonchev–Trinajstić information content (AvgIpc) is 2.73. The zero-order chi connectivity index (χ0) is 20.0. The quantitative estimate of drug-likeness (QED) is 0.692. The van der Waals surface area contributed by atoms with Crippen LogP contribution in [0, 0.1) is 0 Å². The maximum Gasteiger partial charge on any atom is 0.243 e. The minimum atomic E-state index is -3.59. The third kappa shape index (κ3) is 5.03. The van der Waals surface area contributed by atoms with Crippen LogP contribution in [0.25, 0.3) is 0 Å². The highest BCUT2D eigenvalue weighted by atomic mass is 32.2. The lowest BCUT2D eigenvalue weighted by molar-refractivity contribution is -0.113. The van der Waals surface area contributed by atoms with E-state index in [1.165, 1.54) is 35.3 Å². The second-order valence-electron chi connectivity index (χ2n) is 6.33. The van der Waals surface area contributed by atoms with E-state index >= 15 is 0 Å². The topological polar surface area (TPSA) is 88.6 Å². The molecule has 1 aromatic carbocycles. The fourth-order valence-corrected chi connectivity index (χ4v) is 5.16. The molecule has 28 heavy (non-hydrogen) atoms. The van der Waals surface area contributed by atoms with Crippen LogP contribution in [0.15, 0.2) is 52.5 Å². The van der Waals surface area contributed by atoms with Gasteiger partial charge in [0.1, 0.15) is 5.75 Å². The molecular formula is C19H23N3O4S2. The molecule has 1 saturated heterocycles. The number of nitrogens with zero attached hydrogens (tertiary/aromatic N) is 2. The molecule has 1 fully saturated rings. The van der Waals surface area contributed by atoms with Gasteiger partial charge in [-0.05, 0) is 43.2 Å². The van der Waals surface area contributed by atoms with Gasteiger partial charge in [0.15, 0.2) is 0 Å². The summed E-state index contributed by atoms with van der Waals surface area (Å²) in [6, 6.07) is 10.0. The van der Waals surface area contributed by atoms with Crippen LogP contribution in [0.5, 0.6) is 5.75 Å². The smallest absolute Gasteiger partial charge is 0.243 e.